The van der Waals surface area contributed by atoms with Crippen molar-refractivity contribution in [2.24, 2.45) is 17.8 Å². The fraction of sp³-hybridized carbons (Fsp3) is 0.577. The van der Waals surface area contributed by atoms with E-state index >= 15 is 0 Å². The average Bonchev–Trinajstić information content (AvgIpc) is 2.78. The molecule has 0 bridgehead atoms. The van der Waals surface area contributed by atoms with Gasteiger partial charge in [-0.1, -0.05) is 25.1 Å². The molecule has 1 heterocycles. The maximum Gasteiger partial charge on any atom is 0.420 e. The first-order valence-corrected chi connectivity index (χ1v) is 12.1. The number of nitrogens with zero attached hydrogens (tertiary/aromatic N) is 1. The van der Waals surface area contributed by atoms with Crippen molar-refractivity contribution in [3.05, 3.63) is 41.5 Å². The molecule has 10 heteroatoms. The maximum absolute atomic E-state index is 14.1. The van der Waals surface area contributed by atoms with E-state index in [1.54, 1.807) is 18.2 Å². The van der Waals surface area contributed by atoms with E-state index < -0.39 is 41.8 Å². The zero-order valence-corrected chi connectivity index (χ0v) is 19.8. The molecule has 2 aromatic carbocycles. The monoisotopic (exact) mass is 517 g/mol. The van der Waals surface area contributed by atoms with E-state index in [0.717, 1.165) is 5.56 Å². The molecule has 198 valence electrons. The highest BCUT2D eigenvalue weighted by Gasteiger charge is 2.43. The highest BCUT2D eigenvalue weighted by atomic mass is 19.4. The molecule has 0 amide bonds. The predicted molar refractivity (Wildman–Crippen MR) is 122 cm³/mol. The van der Waals surface area contributed by atoms with Crippen LogP contribution in [0.25, 0.3) is 10.8 Å². The lowest BCUT2D eigenvalue weighted by Gasteiger charge is -2.35. The minimum atomic E-state index is -4.70. The molecule has 0 spiro atoms. The summed E-state index contributed by atoms with van der Waals surface area (Å²) in [7, 11) is 0. The normalized spacial score (nSPS) is 26.2. The van der Waals surface area contributed by atoms with Crippen LogP contribution in [0.5, 0.6) is 5.75 Å². The van der Waals surface area contributed by atoms with E-state index in [-0.39, 0.29) is 42.7 Å². The van der Waals surface area contributed by atoms with Crippen LogP contribution in [0.4, 0.5) is 26.3 Å². The smallest absolute Gasteiger partial charge is 0.420 e. The Morgan fingerprint density at radius 1 is 1.03 bits per heavy atom. The number of aliphatic carboxylic acids is 1. The van der Waals surface area contributed by atoms with E-state index in [2.05, 4.69) is 4.90 Å². The number of carbonyl (C=O) groups is 1. The standard InChI is InChI=1S/C26H29F6NO3/c1-15-13-33(11-10-20(15)24(34)35)14-16-2-8-21-17(12-16)3-9-22(23(21)26(30,31)32)36-19-6-4-18(5-7-19)25(27,28)29/h2-3,8-9,12,15,18-20H,4-7,10-11,13-14H2,1H3,(H,34,35). The lowest BCUT2D eigenvalue weighted by molar-refractivity contribution is -0.185. The first kappa shape index (κ1) is 26.6. The second-order valence-electron chi connectivity index (χ2n) is 10.1. The highest BCUT2D eigenvalue weighted by Crippen LogP contribution is 2.44. The van der Waals surface area contributed by atoms with Gasteiger partial charge in [0.1, 0.15) is 11.3 Å². The zero-order chi connectivity index (χ0) is 26.3. The molecule has 2 unspecified atom stereocenters. The molecule has 2 aromatic rings. The Balaban J connectivity index is 1.52. The van der Waals surface area contributed by atoms with Crippen molar-refractivity contribution in [2.75, 3.05) is 13.1 Å². The summed E-state index contributed by atoms with van der Waals surface area (Å²) in [5.41, 5.74) is -0.101. The number of benzene rings is 2. The van der Waals surface area contributed by atoms with Crippen LogP contribution in [0.15, 0.2) is 30.3 Å². The minimum absolute atomic E-state index is 0.0225. The number of carboxylic acid groups (broad SMARTS) is 1. The number of hydrogen-bond acceptors (Lipinski definition) is 3. The number of alkyl halides is 6. The second kappa shape index (κ2) is 10.1. The minimum Gasteiger partial charge on any atom is -0.490 e. The van der Waals surface area contributed by atoms with Gasteiger partial charge in [-0.3, -0.25) is 9.69 Å². The molecule has 0 radical (unpaired) electrons. The van der Waals surface area contributed by atoms with Gasteiger partial charge in [0.2, 0.25) is 0 Å². The number of ether oxygens (including phenoxy) is 1. The van der Waals surface area contributed by atoms with Crippen molar-refractivity contribution in [3.63, 3.8) is 0 Å². The Hall–Kier alpha value is -2.49. The number of hydrogen-bond donors (Lipinski definition) is 1. The largest absolute Gasteiger partial charge is 0.490 e. The third kappa shape index (κ3) is 5.90. The summed E-state index contributed by atoms with van der Waals surface area (Å²) in [6.07, 6.45) is -9.39. The maximum atomic E-state index is 14.1. The molecule has 36 heavy (non-hydrogen) atoms. The molecule has 1 N–H and O–H groups in total. The van der Waals surface area contributed by atoms with E-state index in [1.807, 2.05) is 6.92 Å². The second-order valence-corrected chi connectivity index (χ2v) is 10.1. The molecular formula is C26H29F6NO3. The molecule has 2 atom stereocenters. The molecule has 1 saturated carbocycles. The van der Waals surface area contributed by atoms with Crippen LogP contribution >= 0.6 is 0 Å². The molecule has 2 aliphatic rings. The van der Waals surface area contributed by atoms with Crippen LogP contribution in [0, 0.1) is 17.8 Å². The zero-order valence-electron chi connectivity index (χ0n) is 19.8. The molecule has 2 fully saturated rings. The van der Waals surface area contributed by atoms with Crippen LogP contribution in [-0.2, 0) is 17.5 Å². The van der Waals surface area contributed by atoms with Gasteiger partial charge in [0, 0.05) is 13.1 Å². The van der Waals surface area contributed by atoms with Crippen LogP contribution in [0.3, 0.4) is 0 Å². The van der Waals surface area contributed by atoms with Gasteiger partial charge in [0.15, 0.2) is 0 Å². The number of halogens is 6. The summed E-state index contributed by atoms with van der Waals surface area (Å²) in [4.78, 5) is 13.4. The summed E-state index contributed by atoms with van der Waals surface area (Å²) in [6, 6.07) is 7.53. The van der Waals surface area contributed by atoms with Gasteiger partial charge < -0.3 is 9.84 Å². The Labute approximate surface area is 205 Å². The Morgan fingerprint density at radius 2 is 1.72 bits per heavy atom. The van der Waals surface area contributed by atoms with Crippen molar-refractivity contribution in [3.8, 4) is 5.75 Å². The number of rotatable bonds is 5. The van der Waals surface area contributed by atoms with Gasteiger partial charge >= 0.3 is 18.3 Å². The molecule has 1 aliphatic carbocycles. The lowest BCUT2D eigenvalue weighted by atomic mass is 9.87. The Bertz CT molecular complexity index is 1090. The molecule has 1 saturated heterocycles. The van der Waals surface area contributed by atoms with E-state index in [9.17, 15) is 36.2 Å². The van der Waals surface area contributed by atoms with Gasteiger partial charge in [0.25, 0.3) is 0 Å². The number of fused-ring (bicyclic) bond motifs is 1. The third-order valence-corrected chi connectivity index (χ3v) is 7.47. The van der Waals surface area contributed by atoms with Gasteiger partial charge in [-0.15, -0.1) is 0 Å². The van der Waals surface area contributed by atoms with Crippen LogP contribution < -0.4 is 4.74 Å². The molecule has 1 aliphatic heterocycles. The van der Waals surface area contributed by atoms with Crippen LogP contribution in [0.2, 0.25) is 0 Å². The van der Waals surface area contributed by atoms with Crippen LogP contribution in [-0.4, -0.2) is 41.3 Å². The first-order valence-electron chi connectivity index (χ1n) is 12.1. The van der Waals surface area contributed by atoms with E-state index in [0.29, 0.717) is 31.4 Å². The number of carboxylic acids is 1. The van der Waals surface area contributed by atoms with E-state index in [4.69, 9.17) is 4.74 Å². The van der Waals surface area contributed by atoms with Crippen molar-refractivity contribution < 1.29 is 41.0 Å². The lowest BCUT2D eigenvalue weighted by Crippen LogP contribution is -2.41. The van der Waals surface area contributed by atoms with Crippen molar-refractivity contribution in [2.45, 2.75) is 64.0 Å². The molecule has 0 aromatic heterocycles. The van der Waals surface area contributed by atoms with Gasteiger partial charge in [-0.05, 0) is 73.0 Å². The molecule has 4 rings (SSSR count). The highest BCUT2D eigenvalue weighted by molar-refractivity contribution is 5.89. The first-order chi connectivity index (χ1) is 16.8. The summed E-state index contributed by atoms with van der Waals surface area (Å²) in [6.45, 7) is 3.56. The van der Waals surface area contributed by atoms with Crippen molar-refractivity contribution >= 4 is 16.7 Å². The summed E-state index contributed by atoms with van der Waals surface area (Å²) < 4.78 is 86.7. The Kier molecular flexibility index (Phi) is 7.46. The quantitative estimate of drug-likeness (QED) is 0.439. The predicted octanol–water partition coefficient (Wildman–Crippen LogP) is 6.90. The average molecular weight is 518 g/mol. The fourth-order valence-corrected chi connectivity index (χ4v) is 5.54. The third-order valence-electron chi connectivity index (χ3n) is 7.47. The summed E-state index contributed by atoms with van der Waals surface area (Å²) in [5.74, 6) is -3.03. The van der Waals surface area contributed by atoms with Crippen LogP contribution in [0.1, 0.15) is 50.2 Å². The topological polar surface area (TPSA) is 49.8 Å². The summed E-state index contributed by atoms with van der Waals surface area (Å²) >= 11 is 0. The van der Waals surface area contributed by atoms with Gasteiger partial charge in [0.05, 0.1) is 17.9 Å². The summed E-state index contributed by atoms with van der Waals surface area (Å²) in [5, 5.41) is 9.67. The fourth-order valence-electron chi connectivity index (χ4n) is 5.54. The van der Waals surface area contributed by atoms with Gasteiger partial charge in [-0.25, -0.2) is 0 Å². The molecule has 4 nitrogen and oxygen atoms in total. The molecular weight excluding hydrogens is 488 g/mol. The van der Waals surface area contributed by atoms with Crippen molar-refractivity contribution in [1.29, 1.82) is 0 Å². The van der Waals surface area contributed by atoms with E-state index in [1.165, 1.54) is 12.1 Å². The van der Waals surface area contributed by atoms with Gasteiger partial charge in [-0.2, -0.15) is 26.3 Å². The SMILES string of the molecule is CC1CN(Cc2ccc3c(C(F)(F)F)c(OC4CCC(C(F)(F)F)CC4)ccc3c2)CCC1C(=O)O. The Morgan fingerprint density at radius 3 is 2.31 bits per heavy atom. The van der Waals surface area contributed by atoms with Crippen molar-refractivity contribution in [1.82, 2.24) is 4.90 Å². The number of piperidine rings is 1. The number of likely N-dealkylation sites (tertiary alicyclic amines) is 1.